The first-order valence-corrected chi connectivity index (χ1v) is 7.73. The largest absolute Gasteiger partial charge is 0.489 e. The van der Waals surface area contributed by atoms with Gasteiger partial charge in [-0.15, -0.1) is 0 Å². The first kappa shape index (κ1) is 15.9. The van der Waals surface area contributed by atoms with Crippen molar-refractivity contribution in [3.8, 4) is 11.4 Å². The second-order valence-corrected chi connectivity index (χ2v) is 5.73. The average molecular weight is 349 g/mol. The molecule has 1 N–H and O–H groups in total. The Bertz CT molecular complexity index is 780. The normalized spacial score (nSPS) is 10.7. The zero-order chi connectivity index (χ0) is 16.2. The van der Waals surface area contributed by atoms with Gasteiger partial charge in [0.25, 0.3) is 0 Å². The molecule has 118 valence electrons. The quantitative estimate of drug-likeness (QED) is 0.749. The molecule has 6 heteroatoms. The summed E-state index contributed by atoms with van der Waals surface area (Å²) in [4.78, 5) is 4.08. The predicted molar refractivity (Wildman–Crippen MR) is 90.3 cm³/mol. The maximum atomic E-state index is 9.05. The van der Waals surface area contributed by atoms with Crippen LogP contribution in [0.25, 0.3) is 5.69 Å². The van der Waals surface area contributed by atoms with Gasteiger partial charge in [-0.2, -0.15) is 0 Å². The van der Waals surface area contributed by atoms with Crippen molar-refractivity contribution in [1.82, 2.24) is 9.55 Å². The lowest BCUT2D eigenvalue weighted by atomic mass is 10.2. The molecule has 0 saturated carbocycles. The number of aromatic nitrogens is 2. The van der Waals surface area contributed by atoms with Gasteiger partial charge in [-0.3, -0.25) is 0 Å². The van der Waals surface area contributed by atoms with Crippen molar-refractivity contribution in [2.45, 2.75) is 13.2 Å². The minimum Gasteiger partial charge on any atom is -0.489 e. The van der Waals surface area contributed by atoms with Gasteiger partial charge in [0.1, 0.15) is 12.4 Å². The van der Waals surface area contributed by atoms with E-state index in [2.05, 4.69) is 4.98 Å². The van der Waals surface area contributed by atoms with Crippen molar-refractivity contribution in [2.75, 3.05) is 0 Å². The molecule has 1 aromatic heterocycles. The van der Waals surface area contributed by atoms with Crippen molar-refractivity contribution in [2.24, 2.45) is 0 Å². The van der Waals surface area contributed by atoms with E-state index >= 15 is 0 Å². The summed E-state index contributed by atoms with van der Waals surface area (Å²) in [6.07, 6.45) is 3.43. The first-order chi connectivity index (χ1) is 11.2. The molecule has 0 fully saturated rings. The lowest BCUT2D eigenvalue weighted by Crippen LogP contribution is -1.98. The van der Waals surface area contributed by atoms with E-state index in [1.165, 1.54) is 0 Å². The molecule has 0 amide bonds. The Hall–Kier alpha value is -2.01. The summed E-state index contributed by atoms with van der Waals surface area (Å²) in [6, 6.07) is 12.9. The maximum Gasteiger partial charge on any atom is 0.119 e. The molecule has 0 unspecified atom stereocenters. The molecule has 2 aromatic carbocycles. The van der Waals surface area contributed by atoms with Crippen LogP contribution in [0.3, 0.4) is 0 Å². The van der Waals surface area contributed by atoms with Gasteiger partial charge in [-0.25, -0.2) is 4.98 Å². The molecule has 0 aliphatic heterocycles. The Morgan fingerprint density at radius 3 is 2.35 bits per heavy atom. The van der Waals surface area contributed by atoms with E-state index in [1.807, 2.05) is 28.8 Å². The number of imidazole rings is 1. The van der Waals surface area contributed by atoms with Gasteiger partial charge in [-0.05, 0) is 36.4 Å². The first-order valence-electron chi connectivity index (χ1n) is 6.97. The summed E-state index contributed by atoms with van der Waals surface area (Å²) in [6.45, 7) is 0.227. The molecular weight excluding hydrogens is 335 g/mol. The van der Waals surface area contributed by atoms with Gasteiger partial charge >= 0.3 is 0 Å². The minimum absolute atomic E-state index is 0.0766. The second kappa shape index (κ2) is 7.04. The Morgan fingerprint density at radius 1 is 1.04 bits per heavy atom. The Labute approximate surface area is 143 Å². The summed E-state index contributed by atoms with van der Waals surface area (Å²) in [5, 5.41) is 10.2. The third-order valence-corrected chi connectivity index (χ3v) is 4.09. The van der Waals surface area contributed by atoms with Crippen LogP contribution < -0.4 is 4.74 Å². The van der Waals surface area contributed by atoms with Gasteiger partial charge in [0.05, 0.1) is 18.6 Å². The number of aliphatic hydroxyl groups is 1. The Morgan fingerprint density at radius 2 is 1.74 bits per heavy atom. The summed E-state index contributed by atoms with van der Waals surface area (Å²) < 4.78 is 7.57. The van der Waals surface area contributed by atoms with Crippen LogP contribution in [0.15, 0.2) is 55.0 Å². The predicted octanol–water partition coefficient (Wildman–Crippen LogP) is 4.25. The monoisotopic (exact) mass is 348 g/mol. The van der Waals surface area contributed by atoms with Gasteiger partial charge in [0.15, 0.2) is 0 Å². The van der Waals surface area contributed by atoms with Gasteiger partial charge in [0.2, 0.25) is 0 Å². The number of nitrogens with zero attached hydrogens (tertiary/aromatic N) is 2. The molecule has 4 nitrogen and oxygen atoms in total. The van der Waals surface area contributed by atoms with Crippen LogP contribution in [-0.2, 0) is 13.2 Å². The fourth-order valence-electron chi connectivity index (χ4n) is 2.13. The number of halogens is 2. The van der Waals surface area contributed by atoms with Gasteiger partial charge < -0.3 is 14.4 Å². The van der Waals surface area contributed by atoms with Gasteiger partial charge in [-0.1, -0.05) is 29.3 Å². The average Bonchev–Trinajstić information content (AvgIpc) is 3.04. The van der Waals surface area contributed by atoms with E-state index in [1.54, 1.807) is 30.7 Å². The molecule has 1 heterocycles. The zero-order valence-electron chi connectivity index (χ0n) is 12.1. The van der Waals surface area contributed by atoms with Crippen molar-refractivity contribution in [1.29, 1.82) is 0 Å². The smallest absolute Gasteiger partial charge is 0.119 e. The number of aliphatic hydroxyl groups excluding tert-OH is 1. The molecule has 3 rings (SSSR count). The summed E-state index contributed by atoms with van der Waals surface area (Å²) in [7, 11) is 0. The van der Waals surface area contributed by atoms with E-state index < -0.39 is 0 Å². The third-order valence-electron chi connectivity index (χ3n) is 3.38. The fraction of sp³-hybridized carbons (Fsp3) is 0.118. The Balaban J connectivity index is 1.70. The number of hydrogen-bond donors (Lipinski definition) is 1. The summed E-state index contributed by atoms with van der Waals surface area (Å²) >= 11 is 12.2. The molecule has 0 radical (unpaired) electrons. The van der Waals surface area contributed by atoms with Crippen LogP contribution >= 0.6 is 23.2 Å². The zero-order valence-corrected chi connectivity index (χ0v) is 13.6. The number of rotatable bonds is 5. The third kappa shape index (κ3) is 3.67. The van der Waals surface area contributed by atoms with Crippen LogP contribution in [0.4, 0.5) is 0 Å². The van der Waals surface area contributed by atoms with Crippen LogP contribution in [0.5, 0.6) is 5.75 Å². The highest BCUT2D eigenvalue weighted by Gasteiger charge is 2.06. The maximum absolute atomic E-state index is 9.05. The van der Waals surface area contributed by atoms with E-state index in [9.17, 15) is 0 Å². The molecular formula is C17H14Cl2N2O2. The van der Waals surface area contributed by atoms with Crippen LogP contribution in [0.1, 0.15) is 11.3 Å². The molecule has 3 aromatic rings. The highest BCUT2D eigenvalue weighted by atomic mass is 35.5. The van der Waals surface area contributed by atoms with E-state index in [0.29, 0.717) is 28.1 Å². The standard InChI is InChI=1S/C17H14Cl2N2O2/c18-16-2-1-3-17(19)15(16)10-23-14-6-4-13(5-7-14)21-8-12(9-22)20-11-21/h1-8,11,22H,9-10H2. The number of ether oxygens (including phenoxy) is 1. The molecule has 0 aliphatic rings. The lowest BCUT2D eigenvalue weighted by molar-refractivity contribution is 0.277. The van der Waals surface area contributed by atoms with Crippen molar-refractivity contribution >= 4 is 23.2 Å². The molecule has 0 spiro atoms. The molecule has 23 heavy (non-hydrogen) atoms. The molecule has 0 saturated heterocycles. The summed E-state index contributed by atoms with van der Waals surface area (Å²) in [5.74, 6) is 0.715. The van der Waals surface area contributed by atoms with Gasteiger partial charge in [0, 0.05) is 27.5 Å². The highest BCUT2D eigenvalue weighted by molar-refractivity contribution is 6.35. The SMILES string of the molecule is OCc1cn(-c2ccc(OCc3c(Cl)cccc3Cl)cc2)cn1. The Kier molecular flexibility index (Phi) is 4.86. The number of hydrogen-bond acceptors (Lipinski definition) is 3. The van der Waals surface area contributed by atoms with E-state index in [4.69, 9.17) is 33.0 Å². The molecule has 0 bridgehead atoms. The van der Waals surface area contributed by atoms with E-state index in [-0.39, 0.29) is 6.61 Å². The topological polar surface area (TPSA) is 47.3 Å². The molecule has 0 aliphatic carbocycles. The fourth-order valence-corrected chi connectivity index (χ4v) is 2.63. The van der Waals surface area contributed by atoms with Crippen LogP contribution in [-0.4, -0.2) is 14.7 Å². The number of benzene rings is 2. The second-order valence-electron chi connectivity index (χ2n) is 4.91. The summed E-state index contributed by atoms with van der Waals surface area (Å²) in [5.41, 5.74) is 2.32. The van der Waals surface area contributed by atoms with E-state index in [0.717, 1.165) is 11.3 Å². The van der Waals surface area contributed by atoms with Crippen molar-refractivity contribution < 1.29 is 9.84 Å². The van der Waals surface area contributed by atoms with Crippen molar-refractivity contribution in [3.63, 3.8) is 0 Å². The van der Waals surface area contributed by atoms with Crippen molar-refractivity contribution in [3.05, 3.63) is 76.3 Å². The molecule has 0 atom stereocenters. The lowest BCUT2D eigenvalue weighted by Gasteiger charge is -2.10. The van der Waals surface area contributed by atoms with Crippen LogP contribution in [0.2, 0.25) is 10.0 Å². The highest BCUT2D eigenvalue weighted by Crippen LogP contribution is 2.26. The van der Waals surface area contributed by atoms with Crippen LogP contribution in [0, 0.1) is 0 Å². The minimum atomic E-state index is -0.0766.